The fourth-order valence-electron chi connectivity index (χ4n) is 4.88. The van der Waals surface area contributed by atoms with Crippen molar-refractivity contribution in [2.24, 2.45) is 0 Å². The normalized spacial score (nSPS) is 15.4. The van der Waals surface area contributed by atoms with E-state index in [1.807, 2.05) is 0 Å². The van der Waals surface area contributed by atoms with Crippen LogP contribution in [0.3, 0.4) is 0 Å². The zero-order valence-electron chi connectivity index (χ0n) is 13.4. The van der Waals surface area contributed by atoms with Crippen LogP contribution in [0.2, 0.25) is 63.2 Å². The first kappa shape index (κ1) is 16.7. The maximum absolute atomic E-state index is 2.62. The van der Waals surface area contributed by atoms with E-state index in [9.17, 15) is 0 Å². The van der Waals surface area contributed by atoms with Crippen LogP contribution in [0.5, 0.6) is 0 Å². The van der Waals surface area contributed by atoms with Crippen molar-refractivity contribution in [1.82, 2.24) is 0 Å². The van der Waals surface area contributed by atoms with E-state index in [0.29, 0.717) is 0 Å². The minimum Gasteiger partial charge on any atom is -0.0696 e. The molecular formula is C13H34Si3. The summed E-state index contributed by atoms with van der Waals surface area (Å²) in [7, 11) is -3.32. The molecule has 0 N–H and O–H groups in total. The first-order valence-corrected chi connectivity index (χ1v) is 17.3. The Morgan fingerprint density at radius 3 is 0.938 bits per heavy atom. The van der Waals surface area contributed by atoms with Crippen molar-refractivity contribution in [1.29, 1.82) is 0 Å². The summed E-state index contributed by atoms with van der Waals surface area (Å²) in [5.41, 5.74) is 0. The highest BCUT2D eigenvalue weighted by atomic mass is 28.5. The van der Waals surface area contributed by atoms with Gasteiger partial charge in [-0.25, -0.2) is 0 Å². The average Bonchev–Trinajstić information content (AvgIpc) is 1.91. The number of rotatable bonds is 5. The molecule has 0 unspecified atom stereocenters. The predicted octanol–water partition coefficient (Wildman–Crippen LogP) is 5.62. The Kier molecular flexibility index (Phi) is 4.92. The van der Waals surface area contributed by atoms with Crippen molar-refractivity contribution < 1.29 is 0 Å². The van der Waals surface area contributed by atoms with Crippen molar-refractivity contribution in [2.75, 3.05) is 0 Å². The molecule has 98 valence electrons. The molecule has 16 heavy (non-hydrogen) atoms. The molecule has 0 amide bonds. The Hall–Kier alpha value is 0.651. The van der Waals surface area contributed by atoms with Crippen molar-refractivity contribution in [3.05, 3.63) is 0 Å². The molecule has 0 saturated heterocycles. The van der Waals surface area contributed by atoms with Crippen LogP contribution in [0, 0.1) is 0 Å². The van der Waals surface area contributed by atoms with Crippen LogP contribution in [-0.4, -0.2) is 24.2 Å². The Bertz CT molecular complexity index is 189. The van der Waals surface area contributed by atoms with Gasteiger partial charge in [-0.2, -0.15) is 0 Å². The molecule has 0 aromatic rings. The van der Waals surface area contributed by atoms with E-state index in [2.05, 4.69) is 65.8 Å². The standard InChI is InChI=1S/C13H34Si3/c1-11-12-13(14(2,3)4,15(5,6)7)16(8,9)10/h11-12H2,1-10H3. The third kappa shape index (κ3) is 2.73. The molecule has 0 saturated carbocycles. The molecule has 0 radical (unpaired) electrons. The lowest BCUT2D eigenvalue weighted by Gasteiger charge is -2.59. The third-order valence-electron chi connectivity index (χ3n) is 4.47. The lowest BCUT2D eigenvalue weighted by molar-refractivity contribution is 0.744. The summed E-state index contributed by atoms with van der Waals surface area (Å²) in [6.07, 6.45) is 2.87. The van der Waals surface area contributed by atoms with E-state index < -0.39 is 24.2 Å². The topological polar surface area (TPSA) is 0 Å². The first-order valence-electron chi connectivity index (χ1n) is 6.81. The molecule has 0 atom stereocenters. The fraction of sp³-hybridized carbons (Fsp3) is 1.00. The summed E-state index contributed by atoms with van der Waals surface area (Å²) in [4.78, 5) is 0. The smallest absolute Gasteiger partial charge is 0.0452 e. The summed E-state index contributed by atoms with van der Waals surface area (Å²) >= 11 is 0. The molecule has 0 aromatic heterocycles. The molecule has 0 aromatic carbocycles. The molecule has 0 aliphatic carbocycles. The number of hydrogen-bond donors (Lipinski definition) is 0. The molecule has 0 rings (SSSR count). The van der Waals surface area contributed by atoms with Gasteiger partial charge < -0.3 is 0 Å². The molecule has 0 bridgehead atoms. The van der Waals surface area contributed by atoms with Crippen LogP contribution >= 0.6 is 0 Å². The highest BCUT2D eigenvalue weighted by Crippen LogP contribution is 2.56. The zero-order chi connectivity index (χ0) is 13.4. The molecule has 0 aliphatic heterocycles. The second-order valence-electron chi connectivity index (χ2n) is 8.41. The van der Waals surface area contributed by atoms with E-state index in [1.54, 1.807) is 0 Å². The van der Waals surface area contributed by atoms with E-state index in [4.69, 9.17) is 0 Å². The van der Waals surface area contributed by atoms with Crippen LogP contribution in [-0.2, 0) is 0 Å². The quantitative estimate of drug-likeness (QED) is 0.571. The fourth-order valence-corrected chi connectivity index (χ4v) is 34.9. The zero-order valence-corrected chi connectivity index (χ0v) is 16.4. The minimum atomic E-state index is -1.11. The van der Waals surface area contributed by atoms with Crippen molar-refractivity contribution in [3.8, 4) is 0 Å². The van der Waals surface area contributed by atoms with Gasteiger partial charge in [-0.15, -0.1) is 0 Å². The molecular weight excluding hydrogens is 240 g/mol. The van der Waals surface area contributed by atoms with Crippen molar-refractivity contribution in [3.63, 3.8) is 0 Å². The summed E-state index contributed by atoms with van der Waals surface area (Å²) in [6, 6.07) is 0. The van der Waals surface area contributed by atoms with Gasteiger partial charge in [0.25, 0.3) is 0 Å². The van der Waals surface area contributed by atoms with Crippen LogP contribution in [0.1, 0.15) is 19.8 Å². The second-order valence-corrected chi connectivity index (χ2v) is 26.0. The summed E-state index contributed by atoms with van der Waals surface area (Å²) in [6.45, 7) is 26.0. The van der Waals surface area contributed by atoms with E-state index in [1.165, 1.54) is 12.8 Å². The van der Waals surface area contributed by atoms with Gasteiger partial charge >= 0.3 is 0 Å². The lowest BCUT2D eigenvalue weighted by Crippen LogP contribution is -2.65. The van der Waals surface area contributed by atoms with Gasteiger partial charge in [-0.3, -0.25) is 0 Å². The lowest BCUT2D eigenvalue weighted by atomic mass is 10.4. The average molecular weight is 275 g/mol. The van der Waals surface area contributed by atoms with Crippen LogP contribution in [0.4, 0.5) is 0 Å². The first-order chi connectivity index (χ1) is 6.81. The Labute approximate surface area is 107 Å². The second kappa shape index (κ2) is 4.73. The van der Waals surface area contributed by atoms with Gasteiger partial charge in [0.05, 0.1) is 0 Å². The van der Waals surface area contributed by atoms with Crippen LogP contribution < -0.4 is 0 Å². The largest absolute Gasteiger partial charge is 0.0696 e. The molecule has 0 heterocycles. The van der Waals surface area contributed by atoms with Crippen LogP contribution in [0.25, 0.3) is 0 Å². The van der Waals surface area contributed by atoms with E-state index >= 15 is 0 Å². The minimum absolute atomic E-state index is 0.780. The summed E-state index contributed by atoms with van der Waals surface area (Å²) < 4.78 is 0.780. The van der Waals surface area contributed by atoms with Gasteiger partial charge in [-0.1, -0.05) is 78.7 Å². The molecule has 0 fully saturated rings. The Morgan fingerprint density at radius 2 is 0.875 bits per heavy atom. The maximum atomic E-state index is 2.62. The van der Waals surface area contributed by atoms with Crippen molar-refractivity contribution in [2.45, 2.75) is 83.0 Å². The van der Waals surface area contributed by atoms with Gasteiger partial charge in [-0.05, 0) is 4.28 Å². The monoisotopic (exact) mass is 274 g/mol. The third-order valence-corrected chi connectivity index (χ3v) is 26.4. The van der Waals surface area contributed by atoms with Crippen molar-refractivity contribution >= 4 is 24.2 Å². The highest BCUT2D eigenvalue weighted by Gasteiger charge is 2.58. The molecule has 0 spiro atoms. The molecule has 0 aliphatic rings. The highest BCUT2D eigenvalue weighted by molar-refractivity contribution is 7.15. The van der Waals surface area contributed by atoms with E-state index in [0.717, 1.165) is 4.28 Å². The summed E-state index contributed by atoms with van der Waals surface area (Å²) in [5.74, 6) is 0. The maximum Gasteiger partial charge on any atom is 0.0452 e. The van der Waals surface area contributed by atoms with E-state index in [-0.39, 0.29) is 0 Å². The van der Waals surface area contributed by atoms with Gasteiger partial charge in [0.15, 0.2) is 0 Å². The molecule has 3 heteroatoms. The molecule has 0 nitrogen and oxygen atoms in total. The Morgan fingerprint density at radius 1 is 0.625 bits per heavy atom. The Balaban J connectivity index is 5.82. The predicted molar refractivity (Wildman–Crippen MR) is 87.6 cm³/mol. The van der Waals surface area contributed by atoms with Crippen LogP contribution in [0.15, 0.2) is 0 Å². The summed E-state index contributed by atoms with van der Waals surface area (Å²) in [5, 5.41) is 0. The van der Waals surface area contributed by atoms with Gasteiger partial charge in [0.2, 0.25) is 0 Å². The number of hydrogen-bond acceptors (Lipinski definition) is 0. The van der Waals surface area contributed by atoms with Gasteiger partial charge in [0.1, 0.15) is 0 Å². The van der Waals surface area contributed by atoms with Gasteiger partial charge in [0, 0.05) is 24.2 Å². The SMILES string of the molecule is CCCC([Si](C)(C)C)([Si](C)(C)C)[Si](C)(C)C.